The second-order valence-electron chi connectivity index (χ2n) is 5.58. The summed E-state index contributed by atoms with van der Waals surface area (Å²) in [5, 5.41) is 6.14. The number of anilines is 3. The van der Waals surface area contributed by atoms with E-state index in [1.165, 1.54) is 17.5 Å². The molecule has 2 heterocycles. The molecule has 9 nitrogen and oxygen atoms in total. The molecule has 0 radical (unpaired) electrons. The predicted octanol–water partition coefficient (Wildman–Crippen LogP) is 1.31. The third kappa shape index (κ3) is 4.23. The van der Waals surface area contributed by atoms with Gasteiger partial charge in [-0.1, -0.05) is 0 Å². The molecule has 0 bridgehead atoms. The number of methoxy groups -OCH3 is 1. The molecular weight excluding hydrogens is 354 g/mol. The number of amides is 1. The van der Waals surface area contributed by atoms with Crippen molar-refractivity contribution in [2.24, 2.45) is 11.5 Å². The largest absolute Gasteiger partial charge is 0.383 e. The summed E-state index contributed by atoms with van der Waals surface area (Å²) in [4.78, 5) is 24.4. The lowest BCUT2D eigenvalue weighted by atomic mass is 10.2. The third-order valence-electron chi connectivity index (χ3n) is 3.55. The van der Waals surface area contributed by atoms with Crippen LogP contribution in [0.5, 0.6) is 0 Å². The number of nitrogens with two attached hydrogens (primary N) is 2. The van der Waals surface area contributed by atoms with E-state index in [0.29, 0.717) is 24.9 Å². The number of aromatic nitrogens is 3. The summed E-state index contributed by atoms with van der Waals surface area (Å²) in [6.45, 7) is 0.836. The summed E-state index contributed by atoms with van der Waals surface area (Å²) in [5.41, 5.74) is 15.0. The molecule has 1 atom stereocenters. The summed E-state index contributed by atoms with van der Waals surface area (Å²) < 4.78 is 6.01. The monoisotopic (exact) mass is 373 g/mol. The molecule has 0 aliphatic heterocycles. The molecule has 0 unspecified atom stereocenters. The molecule has 10 heteroatoms. The maximum atomic E-state index is 11.7. The molecule has 0 saturated carbocycles. The Morgan fingerprint density at radius 1 is 1.38 bits per heavy atom. The summed E-state index contributed by atoms with van der Waals surface area (Å²) >= 11 is 1.53. The smallest absolute Gasteiger partial charge is 0.254 e. The van der Waals surface area contributed by atoms with Crippen molar-refractivity contribution >= 4 is 44.9 Å². The number of nitrogens with one attached hydrogen (secondary N) is 2. The van der Waals surface area contributed by atoms with Gasteiger partial charge in [-0.15, -0.1) is 11.3 Å². The number of rotatable bonds is 8. The zero-order valence-corrected chi connectivity index (χ0v) is 14.9. The van der Waals surface area contributed by atoms with Gasteiger partial charge in [0, 0.05) is 31.6 Å². The van der Waals surface area contributed by atoms with Gasteiger partial charge in [0.1, 0.15) is 11.4 Å². The minimum atomic E-state index is -0.617. The minimum Gasteiger partial charge on any atom is -0.383 e. The third-order valence-corrected chi connectivity index (χ3v) is 4.34. The van der Waals surface area contributed by atoms with Crippen molar-refractivity contribution in [1.82, 2.24) is 15.0 Å². The highest BCUT2D eigenvalue weighted by Crippen LogP contribution is 2.25. The first kappa shape index (κ1) is 18.0. The Labute approximate surface area is 153 Å². The van der Waals surface area contributed by atoms with Crippen molar-refractivity contribution in [3.05, 3.63) is 35.5 Å². The average molecular weight is 373 g/mol. The fraction of sp³-hybridized carbons (Fsp3) is 0.250. The first-order chi connectivity index (χ1) is 12.6. The van der Waals surface area contributed by atoms with Gasteiger partial charge in [-0.3, -0.25) is 4.79 Å². The maximum absolute atomic E-state index is 11.7. The molecule has 1 aromatic carbocycles. The number of hydrogen-bond acceptors (Lipinski definition) is 9. The first-order valence-corrected chi connectivity index (χ1v) is 8.70. The van der Waals surface area contributed by atoms with Gasteiger partial charge >= 0.3 is 0 Å². The van der Waals surface area contributed by atoms with Gasteiger partial charge in [0.25, 0.3) is 5.91 Å². The lowest BCUT2D eigenvalue weighted by molar-refractivity contribution is 0.100. The number of primary amides is 1. The Hall–Kier alpha value is -2.82. The molecule has 0 spiro atoms. The molecule has 6 N–H and O–H groups in total. The number of thiazole rings is 1. The van der Waals surface area contributed by atoms with Crippen LogP contribution in [0.3, 0.4) is 0 Å². The second kappa shape index (κ2) is 8.04. The first-order valence-electron chi connectivity index (χ1n) is 7.82. The summed E-state index contributed by atoms with van der Waals surface area (Å²) in [6.07, 6.45) is 1.38. The van der Waals surface area contributed by atoms with Gasteiger partial charge in [-0.05, 0) is 18.2 Å². The number of nitrogens with zero attached hydrogens (tertiary/aromatic N) is 3. The minimum absolute atomic E-state index is 0.196. The van der Waals surface area contributed by atoms with Gasteiger partial charge in [0.2, 0.25) is 5.95 Å². The average Bonchev–Trinajstić information content (AvgIpc) is 3.08. The van der Waals surface area contributed by atoms with E-state index in [0.717, 1.165) is 15.9 Å². The van der Waals surface area contributed by atoms with E-state index in [2.05, 4.69) is 25.6 Å². The van der Waals surface area contributed by atoms with Crippen molar-refractivity contribution in [3.8, 4) is 0 Å². The van der Waals surface area contributed by atoms with Crippen LogP contribution in [0, 0.1) is 0 Å². The van der Waals surface area contributed by atoms with Crippen molar-refractivity contribution in [1.29, 1.82) is 0 Å². The van der Waals surface area contributed by atoms with Crippen LogP contribution in [0.25, 0.3) is 10.2 Å². The fourth-order valence-electron chi connectivity index (χ4n) is 2.31. The van der Waals surface area contributed by atoms with Crippen LogP contribution in [0.4, 0.5) is 17.5 Å². The summed E-state index contributed by atoms with van der Waals surface area (Å²) in [6, 6.07) is 5.48. The molecule has 0 saturated heterocycles. The zero-order chi connectivity index (χ0) is 18.5. The highest BCUT2D eigenvalue weighted by molar-refractivity contribution is 7.16. The van der Waals surface area contributed by atoms with E-state index in [1.807, 2.05) is 18.2 Å². The van der Waals surface area contributed by atoms with E-state index in [-0.39, 0.29) is 11.6 Å². The quantitative estimate of drug-likeness (QED) is 0.463. The summed E-state index contributed by atoms with van der Waals surface area (Å²) in [5.74, 6) is 0.0381. The molecule has 26 heavy (non-hydrogen) atoms. The highest BCUT2D eigenvalue weighted by atomic mass is 32.1. The Morgan fingerprint density at radius 2 is 2.23 bits per heavy atom. The lowest BCUT2D eigenvalue weighted by Gasteiger charge is -2.14. The van der Waals surface area contributed by atoms with Gasteiger partial charge in [0.05, 0.1) is 22.3 Å². The molecule has 0 aliphatic carbocycles. The van der Waals surface area contributed by atoms with E-state index >= 15 is 0 Å². The molecule has 0 fully saturated rings. The van der Waals surface area contributed by atoms with Crippen LogP contribution in [-0.4, -0.2) is 47.2 Å². The Kier molecular flexibility index (Phi) is 5.56. The normalized spacial score (nSPS) is 12.1. The van der Waals surface area contributed by atoms with E-state index in [1.54, 1.807) is 12.6 Å². The van der Waals surface area contributed by atoms with Gasteiger partial charge in [0.15, 0.2) is 0 Å². The van der Waals surface area contributed by atoms with Crippen LogP contribution in [0.1, 0.15) is 10.4 Å². The van der Waals surface area contributed by atoms with Gasteiger partial charge in [-0.2, -0.15) is 4.98 Å². The summed E-state index contributed by atoms with van der Waals surface area (Å²) in [7, 11) is 1.58. The second-order valence-corrected chi connectivity index (χ2v) is 6.46. The molecule has 3 rings (SSSR count). The predicted molar refractivity (Wildman–Crippen MR) is 102 cm³/mol. The van der Waals surface area contributed by atoms with Crippen LogP contribution < -0.4 is 22.1 Å². The number of hydrogen-bond donors (Lipinski definition) is 4. The topological polar surface area (TPSA) is 141 Å². The van der Waals surface area contributed by atoms with Crippen LogP contribution in [0.2, 0.25) is 0 Å². The van der Waals surface area contributed by atoms with E-state index in [4.69, 9.17) is 16.2 Å². The van der Waals surface area contributed by atoms with Crippen LogP contribution in [-0.2, 0) is 4.74 Å². The van der Waals surface area contributed by atoms with E-state index < -0.39 is 5.91 Å². The Balaban J connectivity index is 1.82. The van der Waals surface area contributed by atoms with Crippen LogP contribution in [0.15, 0.2) is 29.9 Å². The van der Waals surface area contributed by atoms with Crippen molar-refractivity contribution in [2.75, 3.05) is 30.9 Å². The van der Waals surface area contributed by atoms with Gasteiger partial charge < -0.3 is 26.8 Å². The number of carbonyl (C=O) groups excluding carboxylic acids is 1. The van der Waals surface area contributed by atoms with E-state index in [9.17, 15) is 4.79 Å². The number of fused-ring (bicyclic) bond motifs is 1. The SMILES string of the molecule is COC[C@H](N)CNc1ncc(C(N)=O)c(Nc2ccc3ncsc3c2)n1. The van der Waals surface area contributed by atoms with Crippen molar-refractivity contribution < 1.29 is 9.53 Å². The number of ether oxygens (including phenoxy) is 1. The lowest BCUT2D eigenvalue weighted by Crippen LogP contribution is -2.33. The highest BCUT2D eigenvalue weighted by Gasteiger charge is 2.13. The molecule has 3 aromatic rings. The standard InChI is InChI=1S/C16H19N7O2S/c1-25-7-9(17)5-19-16-20-6-11(14(18)24)15(23-16)22-10-2-3-12-13(4-10)26-8-21-12/h2-4,6,8-9H,5,7,17H2,1H3,(H2,18,24)(H2,19,20,22,23)/t9-/m1/s1. The molecule has 0 aliphatic rings. The molecule has 2 aromatic heterocycles. The van der Waals surface area contributed by atoms with Crippen molar-refractivity contribution in [3.63, 3.8) is 0 Å². The Bertz CT molecular complexity index is 915. The molecular formula is C16H19N7O2S. The van der Waals surface area contributed by atoms with Crippen molar-refractivity contribution in [2.45, 2.75) is 6.04 Å². The zero-order valence-electron chi connectivity index (χ0n) is 14.1. The Morgan fingerprint density at radius 3 is 3.00 bits per heavy atom. The maximum Gasteiger partial charge on any atom is 0.254 e. The number of benzene rings is 1. The molecule has 1 amide bonds. The van der Waals surface area contributed by atoms with Gasteiger partial charge in [-0.25, -0.2) is 9.97 Å². The number of carbonyl (C=O) groups is 1. The van der Waals surface area contributed by atoms with Crippen LogP contribution >= 0.6 is 11.3 Å². The fourth-order valence-corrected chi connectivity index (χ4v) is 3.02. The molecule has 136 valence electrons.